The first-order chi connectivity index (χ1) is 17.4. The molecule has 3 rings (SSSR count). The van der Waals surface area contributed by atoms with Crippen molar-refractivity contribution in [2.75, 3.05) is 0 Å². The Morgan fingerprint density at radius 3 is 0.579 bits per heavy atom. The van der Waals surface area contributed by atoms with Gasteiger partial charge in [0.25, 0.3) is 0 Å². The van der Waals surface area contributed by atoms with Gasteiger partial charge in [0.05, 0.1) is 0 Å². The van der Waals surface area contributed by atoms with E-state index in [9.17, 15) is 70.4 Å². The Balaban J connectivity index is 2.31. The lowest BCUT2D eigenvalue weighted by Crippen LogP contribution is -2.16. The highest BCUT2D eigenvalue weighted by atomic mass is 31.2. The number of phosphoric acid groups is 1. The Hall–Kier alpha value is -3.76. The third-order valence-corrected chi connectivity index (χ3v) is 5.34. The van der Waals surface area contributed by atoms with Crippen LogP contribution in [0.25, 0.3) is 0 Å². The predicted octanol–water partition coefficient (Wildman–Crippen LogP) is 7.42. The summed E-state index contributed by atoms with van der Waals surface area (Å²) in [4.78, 5) is 0. The van der Waals surface area contributed by atoms with Gasteiger partial charge in [-0.05, 0) is 0 Å². The minimum absolute atomic E-state index is 2.78. The maximum atomic E-state index is 14.0. The van der Waals surface area contributed by atoms with Crippen LogP contribution in [-0.2, 0) is 4.57 Å². The Labute approximate surface area is 197 Å². The van der Waals surface area contributed by atoms with Gasteiger partial charge in [-0.25, -0.2) is 39.5 Å². The van der Waals surface area contributed by atoms with Gasteiger partial charge < -0.3 is 13.6 Å². The fraction of sp³-hybridized carbons (Fsp3) is 0. The topological polar surface area (TPSA) is 44.8 Å². The van der Waals surface area contributed by atoms with E-state index < -0.39 is 112 Å². The van der Waals surface area contributed by atoms with E-state index in [1.165, 1.54) is 0 Å². The van der Waals surface area contributed by atoms with Gasteiger partial charge >= 0.3 is 7.82 Å². The quantitative estimate of drug-likeness (QED) is 0.129. The summed E-state index contributed by atoms with van der Waals surface area (Å²) in [5, 5.41) is 0. The molecule has 0 saturated heterocycles. The third kappa shape index (κ3) is 4.54. The molecule has 0 atom stereocenters. The first kappa shape index (κ1) is 28.8. The summed E-state index contributed by atoms with van der Waals surface area (Å²) in [5.74, 6) is -52.9. The van der Waals surface area contributed by atoms with E-state index in [1.807, 2.05) is 0 Å². The molecular formula is C18F15O4P. The molecule has 0 aliphatic rings. The molecule has 0 spiro atoms. The van der Waals surface area contributed by atoms with Crippen LogP contribution in [-0.4, -0.2) is 0 Å². The summed E-state index contributed by atoms with van der Waals surface area (Å²) in [6.45, 7) is 0. The van der Waals surface area contributed by atoms with E-state index in [1.54, 1.807) is 0 Å². The minimum Gasteiger partial charge on any atom is -0.379 e. The van der Waals surface area contributed by atoms with Crippen LogP contribution in [0.2, 0.25) is 0 Å². The molecule has 0 aliphatic heterocycles. The summed E-state index contributed by atoms with van der Waals surface area (Å²) in [7, 11) is -7.02. The van der Waals surface area contributed by atoms with Crippen molar-refractivity contribution >= 4 is 7.82 Å². The van der Waals surface area contributed by atoms with Gasteiger partial charge in [-0.1, -0.05) is 0 Å². The highest BCUT2D eigenvalue weighted by Gasteiger charge is 2.44. The van der Waals surface area contributed by atoms with Gasteiger partial charge in [0.15, 0.2) is 0 Å². The van der Waals surface area contributed by atoms with Crippen LogP contribution in [0.15, 0.2) is 0 Å². The SMILES string of the molecule is O=P(Oc1c(F)c(F)c(F)c(F)c1F)(Oc1c(F)c(F)c(F)c(F)c1F)Oc1c(F)c(F)c(F)c(F)c1F. The second-order valence-electron chi connectivity index (χ2n) is 6.42. The van der Waals surface area contributed by atoms with Gasteiger partial charge in [0, 0.05) is 0 Å². The second-order valence-corrected chi connectivity index (χ2v) is 7.86. The first-order valence-electron chi connectivity index (χ1n) is 8.68. The average molecular weight is 596 g/mol. The van der Waals surface area contributed by atoms with E-state index in [-0.39, 0.29) is 0 Å². The molecule has 0 saturated carbocycles. The first-order valence-corrected chi connectivity index (χ1v) is 10.1. The Bertz CT molecular complexity index is 1280. The number of hydrogen-bond acceptors (Lipinski definition) is 4. The van der Waals surface area contributed by atoms with Crippen molar-refractivity contribution in [3.8, 4) is 17.2 Å². The highest BCUT2D eigenvalue weighted by Crippen LogP contribution is 2.54. The Kier molecular flexibility index (Phi) is 7.46. The van der Waals surface area contributed by atoms with E-state index in [0.717, 1.165) is 0 Å². The fourth-order valence-electron chi connectivity index (χ4n) is 2.39. The minimum atomic E-state index is -7.02. The van der Waals surface area contributed by atoms with Crippen molar-refractivity contribution in [2.45, 2.75) is 0 Å². The molecular weight excluding hydrogens is 596 g/mol. The van der Waals surface area contributed by atoms with E-state index in [0.29, 0.717) is 0 Å². The van der Waals surface area contributed by atoms with Crippen molar-refractivity contribution in [3.63, 3.8) is 0 Å². The van der Waals surface area contributed by atoms with E-state index >= 15 is 0 Å². The number of hydrogen-bond donors (Lipinski definition) is 0. The lowest BCUT2D eigenvalue weighted by molar-refractivity contribution is 0.248. The number of benzene rings is 3. The van der Waals surface area contributed by atoms with Gasteiger partial charge in [0.2, 0.25) is 105 Å². The molecule has 206 valence electrons. The summed E-state index contributed by atoms with van der Waals surface area (Å²) in [5.41, 5.74) is 0. The van der Waals surface area contributed by atoms with Crippen molar-refractivity contribution < 1.29 is 84.0 Å². The lowest BCUT2D eigenvalue weighted by atomic mass is 10.3. The largest absolute Gasteiger partial charge is 0.647 e. The number of phosphoric ester groups is 1. The van der Waals surface area contributed by atoms with Crippen LogP contribution in [0.5, 0.6) is 17.2 Å². The zero-order valence-electron chi connectivity index (χ0n) is 16.7. The van der Waals surface area contributed by atoms with Crippen LogP contribution in [0, 0.1) is 87.3 Å². The summed E-state index contributed by atoms with van der Waals surface area (Å²) in [6.07, 6.45) is 0. The normalized spacial score (nSPS) is 11.7. The zero-order chi connectivity index (χ0) is 29.0. The monoisotopic (exact) mass is 596 g/mol. The molecule has 38 heavy (non-hydrogen) atoms. The highest BCUT2D eigenvalue weighted by molar-refractivity contribution is 7.49. The number of rotatable bonds is 6. The standard InChI is InChI=1S/C18F15O4P/c19-1-4(22)10(28)16(11(29)5(1)23)35-38(34,36-17-12(30)6(24)2(20)7(25)13(17)31)37-18-14(32)8(26)3(21)9(27)15(18)33. The number of halogens is 15. The lowest BCUT2D eigenvalue weighted by Gasteiger charge is -2.21. The molecule has 0 fully saturated rings. The van der Waals surface area contributed by atoms with Crippen molar-refractivity contribution in [3.05, 3.63) is 87.3 Å². The fourth-order valence-corrected chi connectivity index (χ4v) is 3.65. The molecule has 3 aromatic rings. The molecule has 0 unspecified atom stereocenters. The maximum absolute atomic E-state index is 14.0. The molecule has 0 aliphatic carbocycles. The van der Waals surface area contributed by atoms with Crippen LogP contribution in [0.3, 0.4) is 0 Å². The van der Waals surface area contributed by atoms with Crippen molar-refractivity contribution in [2.24, 2.45) is 0 Å². The third-order valence-electron chi connectivity index (χ3n) is 4.12. The average Bonchev–Trinajstić information content (AvgIpc) is 2.89. The van der Waals surface area contributed by atoms with Gasteiger partial charge in [-0.3, -0.25) is 0 Å². The van der Waals surface area contributed by atoms with Crippen LogP contribution >= 0.6 is 7.82 Å². The molecule has 0 N–H and O–H groups in total. The zero-order valence-corrected chi connectivity index (χ0v) is 17.6. The van der Waals surface area contributed by atoms with Crippen LogP contribution in [0.4, 0.5) is 65.9 Å². The van der Waals surface area contributed by atoms with Gasteiger partial charge in [-0.2, -0.15) is 30.9 Å². The summed E-state index contributed by atoms with van der Waals surface area (Å²) < 4.78 is 228. The molecule has 4 nitrogen and oxygen atoms in total. The van der Waals surface area contributed by atoms with Crippen LogP contribution in [0.1, 0.15) is 0 Å². The van der Waals surface area contributed by atoms with Gasteiger partial charge in [-0.15, -0.1) is 0 Å². The Morgan fingerprint density at radius 1 is 0.289 bits per heavy atom. The molecule has 0 radical (unpaired) electrons. The molecule has 0 bridgehead atoms. The Morgan fingerprint density at radius 2 is 0.421 bits per heavy atom. The molecule has 0 heterocycles. The van der Waals surface area contributed by atoms with Crippen molar-refractivity contribution in [1.82, 2.24) is 0 Å². The smallest absolute Gasteiger partial charge is 0.379 e. The predicted molar refractivity (Wildman–Crippen MR) is 88.2 cm³/mol. The molecule has 0 amide bonds. The molecule has 0 aromatic heterocycles. The van der Waals surface area contributed by atoms with Crippen LogP contribution < -0.4 is 13.6 Å². The van der Waals surface area contributed by atoms with Crippen molar-refractivity contribution in [1.29, 1.82) is 0 Å². The summed E-state index contributed by atoms with van der Waals surface area (Å²) in [6, 6.07) is 0. The maximum Gasteiger partial charge on any atom is 0.647 e. The van der Waals surface area contributed by atoms with E-state index in [4.69, 9.17) is 0 Å². The second kappa shape index (κ2) is 9.85. The molecule has 20 heteroatoms. The van der Waals surface area contributed by atoms with E-state index in [2.05, 4.69) is 13.6 Å². The molecule has 3 aromatic carbocycles. The summed E-state index contributed by atoms with van der Waals surface area (Å²) >= 11 is 0. The van der Waals surface area contributed by atoms with Gasteiger partial charge in [0.1, 0.15) is 0 Å².